The van der Waals surface area contributed by atoms with Crippen LogP contribution in [0.15, 0.2) is 70.1 Å². The Morgan fingerprint density at radius 3 is 2.74 bits per heavy atom. The zero-order valence-corrected chi connectivity index (χ0v) is 17.8. The van der Waals surface area contributed by atoms with Gasteiger partial charge in [0.05, 0.1) is 5.69 Å². The topological polar surface area (TPSA) is 87.9 Å². The van der Waals surface area contributed by atoms with Crippen LogP contribution in [0.3, 0.4) is 0 Å². The summed E-state index contributed by atoms with van der Waals surface area (Å²) in [4.78, 5) is 20.2. The van der Waals surface area contributed by atoms with Crippen molar-refractivity contribution in [2.24, 2.45) is 0 Å². The molecule has 2 aromatic heterocycles. The van der Waals surface area contributed by atoms with Crippen molar-refractivity contribution < 1.29 is 9.32 Å². The number of carbonyl (C=O) groups excluding carboxylic acids is 1. The van der Waals surface area contributed by atoms with Gasteiger partial charge < -0.3 is 9.42 Å². The van der Waals surface area contributed by atoms with E-state index in [4.69, 9.17) is 4.52 Å². The van der Waals surface area contributed by atoms with Crippen molar-refractivity contribution in [3.8, 4) is 22.8 Å². The molecule has 156 valence electrons. The Balaban J connectivity index is 1.28. The average molecular weight is 432 g/mol. The van der Waals surface area contributed by atoms with E-state index in [0.717, 1.165) is 16.8 Å². The molecule has 1 saturated heterocycles. The van der Waals surface area contributed by atoms with Crippen LogP contribution < -0.4 is 0 Å². The van der Waals surface area contributed by atoms with Gasteiger partial charge in [0.1, 0.15) is 5.69 Å². The number of H-pyrrole nitrogens is 1. The van der Waals surface area contributed by atoms with Gasteiger partial charge in [-0.25, -0.2) is 0 Å². The number of aromatic amines is 1. The van der Waals surface area contributed by atoms with Crippen LogP contribution in [-0.2, 0) is 11.3 Å². The highest BCUT2D eigenvalue weighted by molar-refractivity contribution is 7.98. The molecule has 1 aliphatic heterocycles. The van der Waals surface area contributed by atoms with E-state index in [1.807, 2.05) is 41.3 Å². The van der Waals surface area contributed by atoms with Gasteiger partial charge in [0.25, 0.3) is 5.89 Å². The van der Waals surface area contributed by atoms with Gasteiger partial charge >= 0.3 is 0 Å². The first-order chi connectivity index (χ1) is 15.2. The van der Waals surface area contributed by atoms with Gasteiger partial charge in [-0.3, -0.25) is 9.89 Å². The van der Waals surface area contributed by atoms with E-state index in [1.165, 1.54) is 4.90 Å². The fourth-order valence-corrected chi connectivity index (χ4v) is 4.16. The molecule has 1 unspecified atom stereocenters. The van der Waals surface area contributed by atoms with E-state index < -0.39 is 0 Å². The van der Waals surface area contributed by atoms with E-state index >= 15 is 0 Å². The van der Waals surface area contributed by atoms with Crippen molar-refractivity contribution in [2.75, 3.05) is 12.8 Å². The summed E-state index contributed by atoms with van der Waals surface area (Å²) in [7, 11) is 0. The Labute approximate surface area is 183 Å². The second-order valence-electron chi connectivity index (χ2n) is 7.51. The second kappa shape index (κ2) is 8.39. The Hall–Kier alpha value is -3.39. The van der Waals surface area contributed by atoms with Gasteiger partial charge in [0.2, 0.25) is 5.91 Å². The van der Waals surface area contributed by atoms with Crippen LogP contribution >= 0.6 is 11.8 Å². The predicted molar refractivity (Wildman–Crippen MR) is 118 cm³/mol. The smallest absolute Gasteiger partial charge is 0.275 e. The molecule has 31 heavy (non-hydrogen) atoms. The van der Waals surface area contributed by atoms with Gasteiger partial charge in [-0.1, -0.05) is 47.6 Å². The van der Waals surface area contributed by atoms with Crippen LogP contribution in [0.25, 0.3) is 22.8 Å². The summed E-state index contributed by atoms with van der Waals surface area (Å²) < 4.78 is 5.46. The molecule has 5 rings (SSSR count). The molecule has 1 aliphatic rings. The number of hydrogen-bond acceptors (Lipinski definition) is 6. The molecule has 0 spiro atoms. The van der Waals surface area contributed by atoms with E-state index in [1.54, 1.807) is 11.8 Å². The van der Waals surface area contributed by atoms with E-state index in [2.05, 4.69) is 50.9 Å². The summed E-state index contributed by atoms with van der Waals surface area (Å²) in [5, 5.41) is 11.4. The number of likely N-dealkylation sites (tertiary alicyclic amines) is 1. The largest absolute Gasteiger partial charge is 0.338 e. The molecule has 0 saturated carbocycles. The van der Waals surface area contributed by atoms with E-state index in [-0.39, 0.29) is 11.8 Å². The Morgan fingerprint density at radius 2 is 1.97 bits per heavy atom. The third-order valence-electron chi connectivity index (χ3n) is 5.43. The van der Waals surface area contributed by atoms with Crippen LogP contribution in [0.1, 0.15) is 23.7 Å². The summed E-state index contributed by atoms with van der Waals surface area (Å²) in [6, 6.07) is 20.1. The predicted octanol–water partition coefficient (Wildman–Crippen LogP) is 4.36. The van der Waals surface area contributed by atoms with Crippen LogP contribution in [0.4, 0.5) is 0 Å². The van der Waals surface area contributed by atoms with Crippen LogP contribution in [-0.4, -0.2) is 43.9 Å². The standard InChI is InChI=1S/C23H21N5O2S/c1-31-18-9-7-15(8-10-18)13-28-14-17(11-21(28)29)22-24-23(30-27-22)20-12-19(25-26-20)16-5-3-2-4-6-16/h2-10,12,17H,11,13-14H2,1H3,(H,25,26). The molecule has 7 nitrogen and oxygen atoms in total. The first-order valence-electron chi connectivity index (χ1n) is 10.0. The first kappa shape index (κ1) is 19.6. The number of carbonyl (C=O) groups is 1. The fourth-order valence-electron chi connectivity index (χ4n) is 3.75. The minimum Gasteiger partial charge on any atom is -0.338 e. The van der Waals surface area contributed by atoms with Crippen LogP contribution in [0.5, 0.6) is 0 Å². The van der Waals surface area contributed by atoms with Crippen molar-refractivity contribution in [3.05, 3.63) is 72.1 Å². The van der Waals surface area contributed by atoms with Gasteiger partial charge in [0, 0.05) is 35.9 Å². The van der Waals surface area contributed by atoms with Crippen molar-refractivity contribution in [1.82, 2.24) is 25.2 Å². The summed E-state index contributed by atoms with van der Waals surface area (Å²) in [6.07, 6.45) is 2.44. The Morgan fingerprint density at radius 1 is 1.16 bits per heavy atom. The second-order valence-corrected chi connectivity index (χ2v) is 8.39. The zero-order chi connectivity index (χ0) is 21.2. The van der Waals surface area contributed by atoms with Gasteiger partial charge in [-0.2, -0.15) is 10.1 Å². The SMILES string of the molecule is CSc1ccc(CN2CC(c3noc(-c4cc(-c5ccccc5)n[nH]4)n3)CC2=O)cc1. The molecule has 0 radical (unpaired) electrons. The highest BCUT2D eigenvalue weighted by atomic mass is 32.2. The van der Waals surface area contributed by atoms with Crippen molar-refractivity contribution in [3.63, 3.8) is 0 Å². The maximum absolute atomic E-state index is 12.5. The molecule has 1 N–H and O–H groups in total. The lowest BCUT2D eigenvalue weighted by Crippen LogP contribution is -2.24. The van der Waals surface area contributed by atoms with E-state index in [0.29, 0.717) is 36.9 Å². The minimum absolute atomic E-state index is 0.0769. The highest BCUT2D eigenvalue weighted by Gasteiger charge is 2.34. The average Bonchev–Trinajstić information content (AvgIpc) is 3.55. The van der Waals surface area contributed by atoms with Gasteiger partial charge in [0.15, 0.2) is 5.82 Å². The molecule has 0 aliphatic carbocycles. The molecule has 1 fully saturated rings. The quantitative estimate of drug-likeness (QED) is 0.456. The monoisotopic (exact) mass is 431 g/mol. The Kier molecular flexibility index (Phi) is 5.30. The highest BCUT2D eigenvalue weighted by Crippen LogP contribution is 2.30. The number of nitrogens with one attached hydrogen (secondary N) is 1. The lowest BCUT2D eigenvalue weighted by atomic mass is 10.1. The maximum atomic E-state index is 12.5. The number of amides is 1. The molecule has 1 atom stereocenters. The van der Waals surface area contributed by atoms with Crippen molar-refractivity contribution in [1.29, 1.82) is 0 Å². The van der Waals surface area contributed by atoms with Gasteiger partial charge in [-0.15, -0.1) is 11.8 Å². The molecule has 3 heterocycles. The lowest BCUT2D eigenvalue weighted by molar-refractivity contribution is -0.128. The molecule has 2 aromatic carbocycles. The number of aromatic nitrogens is 4. The van der Waals surface area contributed by atoms with Crippen LogP contribution in [0, 0.1) is 0 Å². The number of nitrogens with zero attached hydrogens (tertiary/aromatic N) is 4. The number of hydrogen-bond donors (Lipinski definition) is 1. The molecular formula is C23H21N5O2S. The summed E-state index contributed by atoms with van der Waals surface area (Å²) in [5.74, 6) is 0.966. The van der Waals surface area contributed by atoms with Crippen LogP contribution in [0.2, 0.25) is 0 Å². The number of benzene rings is 2. The third-order valence-corrected chi connectivity index (χ3v) is 6.18. The summed E-state index contributed by atoms with van der Waals surface area (Å²) in [6.45, 7) is 1.18. The van der Waals surface area contributed by atoms with Crippen molar-refractivity contribution >= 4 is 17.7 Å². The molecule has 4 aromatic rings. The molecule has 8 heteroatoms. The maximum Gasteiger partial charge on any atom is 0.275 e. The Bertz CT molecular complexity index is 1190. The molecule has 0 bridgehead atoms. The minimum atomic E-state index is -0.0769. The lowest BCUT2D eigenvalue weighted by Gasteiger charge is -2.16. The van der Waals surface area contributed by atoms with Crippen molar-refractivity contribution in [2.45, 2.75) is 23.8 Å². The third kappa shape index (κ3) is 4.11. The zero-order valence-electron chi connectivity index (χ0n) is 17.0. The number of thioether (sulfide) groups is 1. The summed E-state index contributed by atoms with van der Waals surface area (Å²) >= 11 is 1.70. The van der Waals surface area contributed by atoms with E-state index in [9.17, 15) is 4.79 Å². The summed E-state index contributed by atoms with van der Waals surface area (Å²) in [5.41, 5.74) is 3.59. The number of rotatable bonds is 6. The molecule has 1 amide bonds. The fraction of sp³-hybridized carbons (Fsp3) is 0.217. The molecular weight excluding hydrogens is 410 g/mol. The van der Waals surface area contributed by atoms with Gasteiger partial charge in [-0.05, 0) is 30.0 Å². The normalized spacial score (nSPS) is 16.2. The first-order valence-corrected chi connectivity index (χ1v) is 11.3.